The molecule has 0 bridgehead atoms. The van der Waals surface area contributed by atoms with Crippen molar-refractivity contribution < 1.29 is 8.42 Å². The summed E-state index contributed by atoms with van der Waals surface area (Å²) in [6.07, 6.45) is 3.66. The molecule has 0 spiro atoms. The minimum atomic E-state index is -3.32. The Hall–Kier alpha value is -1.50. The van der Waals surface area contributed by atoms with Crippen LogP contribution in [0.25, 0.3) is 11.2 Å². The predicted octanol–water partition coefficient (Wildman–Crippen LogP) is -0.244. The molecule has 2 rings (SSSR count). The largest absolute Gasteiger partial charge is 0.341 e. The van der Waals surface area contributed by atoms with E-state index in [-0.39, 0.29) is 5.03 Å². The summed E-state index contributed by atoms with van der Waals surface area (Å²) in [7, 11) is -3.32. The van der Waals surface area contributed by atoms with Crippen molar-refractivity contribution >= 4 is 21.0 Å². The van der Waals surface area contributed by atoms with Gasteiger partial charge in [-0.1, -0.05) is 0 Å². The summed E-state index contributed by atoms with van der Waals surface area (Å²) >= 11 is 0. The number of hydrogen-bond donors (Lipinski definition) is 1. The van der Waals surface area contributed by atoms with Crippen LogP contribution in [0.15, 0.2) is 17.7 Å². The summed E-state index contributed by atoms with van der Waals surface area (Å²) in [5.74, 6) is 0. The molecule has 0 saturated heterocycles. The van der Waals surface area contributed by atoms with E-state index >= 15 is 0 Å². The van der Waals surface area contributed by atoms with Crippen molar-refractivity contribution in [2.45, 2.75) is 5.03 Å². The van der Waals surface area contributed by atoms with Gasteiger partial charge in [-0.25, -0.2) is 23.4 Å². The molecule has 0 aliphatic rings. The third-order valence-corrected chi connectivity index (χ3v) is 2.55. The Labute approximate surface area is 74.0 Å². The predicted molar refractivity (Wildman–Crippen MR) is 44.8 cm³/mol. The number of imidazole rings is 1. The first-order valence-electron chi connectivity index (χ1n) is 3.43. The van der Waals surface area contributed by atoms with Gasteiger partial charge in [-0.15, -0.1) is 0 Å². The van der Waals surface area contributed by atoms with Crippen LogP contribution in [0.4, 0.5) is 0 Å². The number of hydrogen-bond acceptors (Lipinski definition) is 5. The van der Waals surface area contributed by atoms with E-state index in [9.17, 15) is 8.42 Å². The molecule has 68 valence electrons. The minimum Gasteiger partial charge on any atom is -0.341 e. The zero-order valence-electron chi connectivity index (χ0n) is 6.72. The lowest BCUT2D eigenvalue weighted by Gasteiger charge is -1.96. The molecule has 2 heterocycles. The third kappa shape index (κ3) is 1.26. The first-order chi connectivity index (χ1) is 6.09. The molecule has 7 heteroatoms. The Morgan fingerprint density at radius 3 is 2.77 bits per heavy atom. The lowest BCUT2D eigenvalue weighted by molar-refractivity contribution is 0.599. The Bertz CT molecular complexity index is 545. The number of sulfone groups is 1. The molecule has 0 fully saturated rings. The molecule has 0 amide bonds. The van der Waals surface area contributed by atoms with E-state index in [4.69, 9.17) is 0 Å². The summed E-state index contributed by atoms with van der Waals surface area (Å²) in [5, 5.41) is -0.0185. The molecule has 13 heavy (non-hydrogen) atoms. The average Bonchev–Trinajstić information content (AvgIpc) is 2.48. The number of aromatic nitrogens is 4. The number of H-pyrrole nitrogens is 1. The van der Waals surface area contributed by atoms with Crippen LogP contribution in [0.5, 0.6) is 0 Å². The third-order valence-electron chi connectivity index (χ3n) is 1.54. The van der Waals surface area contributed by atoms with Crippen molar-refractivity contribution in [3.05, 3.63) is 12.7 Å². The summed E-state index contributed by atoms with van der Waals surface area (Å²) in [5.41, 5.74) is 0.709. The maximum absolute atomic E-state index is 11.2. The van der Waals surface area contributed by atoms with Crippen molar-refractivity contribution in [2.75, 3.05) is 6.26 Å². The van der Waals surface area contributed by atoms with E-state index in [1.807, 2.05) is 0 Å². The summed E-state index contributed by atoms with van der Waals surface area (Å²) in [4.78, 5) is 14.0. The van der Waals surface area contributed by atoms with Crippen molar-refractivity contribution in [1.29, 1.82) is 0 Å². The van der Waals surface area contributed by atoms with Crippen molar-refractivity contribution in [3.63, 3.8) is 0 Å². The number of nitrogens with zero attached hydrogens (tertiary/aromatic N) is 3. The zero-order valence-corrected chi connectivity index (χ0v) is 7.54. The van der Waals surface area contributed by atoms with Crippen molar-refractivity contribution in [3.8, 4) is 0 Å². The fraction of sp³-hybridized carbons (Fsp3) is 0.167. The molecule has 0 aromatic carbocycles. The quantitative estimate of drug-likeness (QED) is 0.638. The summed E-state index contributed by atoms with van der Waals surface area (Å²) in [6, 6.07) is 0. The van der Waals surface area contributed by atoms with Crippen molar-refractivity contribution in [1.82, 2.24) is 19.9 Å². The van der Waals surface area contributed by atoms with Crippen LogP contribution in [0.2, 0.25) is 0 Å². The van der Waals surface area contributed by atoms with Crippen LogP contribution in [-0.4, -0.2) is 34.6 Å². The van der Waals surface area contributed by atoms with Gasteiger partial charge in [0.2, 0.25) is 0 Å². The van der Waals surface area contributed by atoms with Gasteiger partial charge in [0.1, 0.15) is 11.8 Å². The van der Waals surface area contributed by atoms with Gasteiger partial charge < -0.3 is 4.98 Å². The van der Waals surface area contributed by atoms with Crippen LogP contribution in [0.3, 0.4) is 0 Å². The van der Waals surface area contributed by atoms with E-state index in [1.165, 1.54) is 12.7 Å². The Balaban J connectivity index is 2.91. The molecule has 2 aromatic rings. The van der Waals surface area contributed by atoms with Gasteiger partial charge in [0.15, 0.2) is 20.5 Å². The molecule has 2 aromatic heterocycles. The van der Waals surface area contributed by atoms with E-state index in [0.717, 1.165) is 6.26 Å². The molecule has 0 saturated carbocycles. The van der Waals surface area contributed by atoms with Gasteiger partial charge in [0.25, 0.3) is 0 Å². The standard InChI is InChI=1S/C6H6N4O2S/c1-13(11,12)6-4-5(8-2-7-4)9-3-10-6/h2-3H,1H3,(H,7,8,9,10). The molecule has 0 radical (unpaired) electrons. The van der Waals surface area contributed by atoms with Gasteiger partial charge in [-0.2, -0.15) is 0 Å². The number of aromatic amines is 1. The second-order valence-electron chi connectivity index (χ2n) is 2.55. The number of fused-ring (bicyclic) bond motifs is 1. The second kappa shape index (κ2) is 2.49. The zero-order chi connectivity index (χ0) is 9.47. The molecule has 0 unspecified atom stereocenters. The highest BCUT2D eigenvalue weighted by molar-refractivity contribution is 7.90. The summed E-state index contributed by atoms with van der Waals surface area (Å²) in [6.45, 7) is 0. The van der Waals surface area contributed by atoms with Crippen LogP contribution in [0, 0.1) is 0 Å². The Morgan fingerprint density at radius 1 is 1.31 bits per heavy atom. The minimum absolute atomic E-state index is 0.0185. The molecule has 1 N–H and O–H groups in total. The van der Waals surface area contributed by atoms with Gasteiger partial charge in [-0.05, 0) is 0 Å². The second-order valence-corrected chi connectivity index (χ2v) is 4.48. The Kier molecular flexibility index (Phi) is 1.56. The van der Waals surface area contributed by atoms with Crippen LogP contribution in [-0.2, 0) is 9.84 Å². The van der Waals surface area contributed by atoms with E-state index in [0.29, 0.717) is 11.2 Å². The maximum atomic E-state index is 11.2. The van der Waals surface area contributed by atoms with Gasteiger partial charge in [-0.3, -0.25) is 0 Å². The highest BCUT2D eigenvalue weighted by atomic mass is 32.2. The molecular formula is C6H6N4O2S. The lowest BCUT2D eigenvalue weighted by atomic mass is 10.6. The fourth-order valence-electron chi connectivity index (χ4n) is 1.02. The van der Waals surface area contributed by atoms with Crippen LogP contribution in [0.1, 0.15) is 0 Å². The van der Waals surface area contributed by atoms with E-state index in [1.54, 1.807) is 0 Å². The normalized spacial score (nSPS) is 12.1. The van der Waals surface area contributed by atoms with Crippen LogP contribution < -0.4 is 0 Å². The molecule has 6 nitrogen and oxygen atoms in total. The monoisotopic (exact) mass is 198 g/mol. The summed E-state index contributed by atoms with van der Waals surface area (Å²) < 4.78 is 22.4. The molecular weight excluding hydrogens is 192 g/mol. The fourth-order valence-corrected chi connectivity index (χ4v) is 1.78. The smallest absolute Gasteiger partial charge is 0.195 e. The first kappa shape index (κ1) is 8.11. The molecule has 0 aliphatic carbocycles. The van der Waals surface area contributed by atoms with Crippen molar-refractivity contribution in [2.24, 2.45) is 0 Å². The van der Waals surface area contributed by atoms with E-state index < -0.39 is 9.84 Å². The highest BCUT2D eigenvalue weighted by Gasteiger charge is 2.15. The van der Waals surface area contributed by atoms with E-state index in [2.05, 4.69) is 19.9 Å². The van der Waals surface area contributed by atoms with Gasteiger partial charge in [0, 0.05) is 6.26 Å². The molecule has 0 atom stereocenters. The van der Waals surface area contributed by atoms with Crippen LogP contribution >= 0.6 is 0 Å². The first-order valence-corrected chi connectivity index (χ1v) is 5.32. The SMILES string of the molecule is CS(=O)(=O)c1ncnc2nc[nH]c12. The van der Waals surface area contributed by atoms with Gasteiger partial charge >= 0.3 is 0 Å². The topological polar surface area (TPSA) is 88.6 Å². The molecule has 0 aliphatic heterocycles. The highest BCUT2D eigenvalue weighted by Crippen LogP contribution is 2.13. The number of nitrogens with one attached hydrogen (secondary N) is 1. The maximum Gasteiger partial charge on any atom is 0.195 e. The number of rotatable bonds is 1. The average molecular weight is 198 g/mol. The Morgan fingerprint density at radius 2 is 2.08 bits per heavy atom. The lowest BCUT2D eigenvalue weighted by Crippen LogP contribution is -2.02. The van der Waals surface area contributed by atoms with Gasteiger partial charge in [0.05, 0.1) is 6.33 Å².